The standard InChI is InChI=1S/C19H18O/c1-13-7-8-15(11-14(13)2)12-17-10-9-16-5-3-4-6-18(16)19(17)20/h3-11,20H,12H2,1-2H3. The normalized spacial score (nSPS) is 10.9. The number of phenolic OH excluding ortho intramolecular Hbond substituents is 1. The summed E-state index contributed by atoms with van der Waals surface area (Å²) in [4.78, 5) is 0. The molecule has 0 bridgehead atoms. The van der Waals surface area contributed by atoms with Gasteiger partial charge in [0.2, 0.25) is 0 Å². The van der Waals surface area contributed by atoms with Gasteiger partial charge >= 0.3 is 0 Å². The first kappa shape index (κ1) is 12.7. The van der Waals surface area contributed by atoms with Crippen LogP contribution >= 0.6 is 0 Å². The Balaban J connectivity index is 2.02. The monoisotopic (exact) mass is 262 g/mol. The molecule has 0 aromatic heterocycles. The minimum absolute atomic E-state index is 0.404. The predicted octanol–water partition coefficient (Wildman–Crippen LogP) is 4.75. The summed E-state index contributed by atoms with van der Waals surface area (Å²) in [5.74, 6) is 0.404. The van der Waals surface area contributed by atoms with Crippen LogP contribution in [-0.2, 0) is 6.42 Å². The predicted molar refractivity (Wildman–Crippen MR) is 84.3 cm³/mol. The van der Waals surface area contributed by atoms with Gasteiger partial charge in [-0.05, 0) is 41.5 Å². The lowest BCUT2D eigenvalue weighted by molar-refractivity contribution is 0.476. The highest BCUT2D eigenvalue weighted by atomic mass is 16.3. The molecule has 0 heterocycles. The average Bonchev–Trinajstić information content (AvgIpc) is 2.46. The van der Waals surface area contributed by atoms with Gasteiger partial charge in [-0.3, -0.25) is 0 Å². The fraction of sp³-hybridized carbons (Fsp3) is 0.158. The maximum atomic E-state index is 10.4. The third-order valence-corrected chi connectivity index (χ3v) is 3.95. The van der Waals surface area contributed by atoms with E-state index < -0.39 is 0 Å². The zero-order valence-corrected chi connectivity index (χ0v) is 11.9. The minimum atomic E-state index is 0.404. The van der Waals surface area contributed by atoms with Crippen molar-refractivity contribution in [3.8, 4) is 5.75 Å². The van der Waals surface area contributed by atoms with Crippen molar-refractivity contribution in [3.63, 3.8) is 0 Å². The molecule has 3 aromatic carbocycles. The van der Waals surface area contributed by atoms with Crippen molar-refractivity contribution in [1.29, 1.82) is 0 Å². The maximum absolute atomic E-state index is 10.4. The molecule has 0 aliphatic rings. The molecule has 1 nitrogen and oxygen atoms in total. The van der Waals surface area contributed by atoms with Gasteiger partial charge in [0, 0.05) is 11.8 Å². The van der Waals surface area contributed by atoms with E-state index in [0.717, 1.165) is 22.8 Å². The lowest BCUT2D eigenvalue weighted by Gasteiger charge is -2.09. The molecule has 100 valence electrons. The van der Waals surface area contributed by atoms with Gasteiger partial charge in [0.1, 0.15) is 5.75 Å². The van der Waals surface area contributed by atoms with E-state index in [1.807, 2.05) is 30.3 Å². The van der Waals surface area contributed by atoms with Crippen LogP contribution in [0.25, 0.3) is 10.8 Å². The summed E-state index contributed by atoms with van der Waals surface area (Å²) in [5, 5.41) is 12.4. The van der Waals surface area contributed by atoms with Gasteiger partial charge in [0.25, 0.3) is 0 Å². The Kier molecular flexibility index (Phi) is 3.19. The molecule has 3 aromatic rings. The molecule has 1 heteroatoms. The lowest BCUT2D eigenvalue weighted by atomic mass is 9.97. The molecule has 0 amide bonds. The Hall–Kier alpha value is -2.28. The van der Waals surface area contributed by atoms with E-state index in [0.29, 0.717) is 5.75 Å². The number of hydrogen-bond acceptors (Lipinski definition) is 1. The molecule has 0 spiro atoms. The first-order chi connectivity index (χ1) is 9.65. The third-order valence-electron chi connectivity index (χ3n) is 3.95. The van der Waals surface area contributed by atoms with E-state index in [9.17, 15) is 5.11 Å². The van der Waals surface area contributed by atoms with Crippen molar-refractivity contribution in [1.82, 2.24) is 0 Å². The number of hydrogen-bond donors (Lipinski definition) is 1. The molecule has 0 radical (unpaired) electrons. The number of phenols is 1. The van der Waals surface area contributed by atoms with Crippen LogP contribution in [0, 0.1) is 13.8 Å². The number of rotatable bonds is 2. The van der Waals surface area contributed by atoms with Gasteiger partial charge in [0.05, 0.1) is 0 Å². The highest BCUT2D eigenvalue weighted by molar-refractivity contribution is 5.89. The maximum Gasteiger partial charge on any atom is 0.126 e. The van der Waals surface area contributed by atoms with Crippen molar-refractivity contribution in [3.05, 3.63) is 76.9 Å². The van der Waals surface area contributed by atoms with Crippen molar-refractivity contribution in [2.24, 2.45) is 0 Å². The number of aryl methyl sites for hydroxylation is 2. The van der Waals surface area contributed by atoms with Gasteiger partial charge in [-0.1, -0.05) is 54.6 Å². The molecule has 0 fully saturated rings. The van der Waals surface area contributed by atoms with Crippen LogP contribution < -0.4 is 0 Å². The minimum Gasteiger partial charge on any atom is -0.507 e. The fourth-order valence-corrected chi connectivity index (χ4v) is 2.58. The van der Waals surface area contributed by atoms with E-state index >= 15 is 0 Å². The van der Waals surface area contributed by atoms with Crippen LogP contribution in [0.15, 0.2) is 54.6 Å². The molecule has 0 saturated carbocycles. The quantitative estimate of drug-likeness (QED) is 0.706. The largest absolute Gasteiger partial charge is 0.507 e. The topological polar surface area (TPSA) is 20.2 Å². The summed E-state index contributed by atoms with van der Waals surface area (Å²) in [6, 6.07) is 18.5. The Morgan fingerprint density at radius 1 is 0.850 bits per heavy atom. The molecule has 3 rings (SSSR count). The first-order valence-corrected chi connectivity index (χ1v) is 6.91. The van der Waals surface area contributed by atoms with Crippen LogP contribution in [0.2, 0.25) is 0 Å². The van der Waals surface area contributed by atoms with Gasteiger partial charge < -0.3 is 5.11 Å². The molecular formula is C19H18O. The van der Waals surface area contributed by atoms with Crippen molar-refractivity contribution in [2.75, 3.05) is 0 Å². The molecule has 0 saturated heterocycles. The molecule has 20 heavy (non-hydrogen) atoms. The van der Waals surface area contributed by atoms with Crippen LogP contribution in [-0.4, -0.2) is 5.11 Å². The molecule has 0 atom stereocenters. The van der Waals surface area contributed by atoms with Crippen LogP contribution in [0.1, 0.15) is 22.3 Å². The summed E-state index contributed by atoms with van der Waals surface area (Å²) in [6.45, 7) is 4.24. The lowest BCUT2D eigenvalue weighted by Crippen LogP contribution is -1.92. The van der Waals surface area contributed by atoms with E-state index in [4.69, 9.17) is 0 Å². The van der Waals surface area contributed by atoms with Crippen LogP contribution in [0.3, 0.4) is 0 Å². The van der Waals surface area contributed by atoms with E-state index in [-0.39, 0.29) is 0 Å². The van der Waals surface area contributed by atoms with Crippen LogP contribution in [0.5, 0.6) is 5.75 Å². The molecular weight excluding hydrogens is 244 g/mol. The third kappa shape index (κ3) is 2.27. The second kappa shape index (κ2) is 5.01. The second-order valence-electron chi connectivity index (χ2n) is 5.39. The van der Waals surface area contributed by atoms with Gasteiger partial charge in [0.15, 0.2) is 0 Å². The summed E-state index contributed by atoms with van der Waals surface area (Å²) in [6.07, 6.45) is 0.762. The smallest absolute Gasteiger partial charge is 0.126 e. The highest BCUT2D eigenvalue weighted by Crippen LogP contribution is 2.30. The van der Waals surface area contributed by atoms with Crippen LogP contribution in [0.4, 0.5) is 0 Å². The Morgan fingerprint density at radius 3 is 2.45 bits per heavy atom. The number of aromatic hydroxyl groups is 1. The second-order valence-corrected chi connectivity index (χ2v) is 5.39. The first-order valence-electron chi connectivity index (χ1n) is 6.91. The summed E-state index contributed by atoms with van der Waals surface area (Å²) in [7, 11) is 0. The molecule has 0 aliphatic heterocycles. The molecule has 1 N–H and O–H groups in total. The zero-order chi connectivity index (χ0) is 14.1. The zero-order valence-electron chi connectivity index (χ0n) is 11.9. The molecule has 0 aliphatic carbocycles. The Labute approximate surface area is 119 Å². The van der Waals surface area contributed by atoms with E-state index in [1.165, 1.54) is 16.7 Å². The van der Waals surface area contributed by atoms with Crippen molar-refractivity contribution < 1.29 is 5.11 Å². The van der Waals surface area contributed by atoms with E-state index in [1.54, 1.807) is 0 Å². The highest BCUT2D eigenvalue weighted by Gasteiger charge is 2.07. The van der Waals surface area contributed by atoms with Gasteiger partial charge in [-0.15, -0.1) is 0 Å². The van der Waals surface area contributed by atoms with Gasteiger partial charge in [-0.2, -0.15) is 0 Å². The average molecular weight is 262 g/mol. The van der Waals surface area contributed by atoms with Crippen molar-refractivity contribution in [2.45, 2.75) is 20.3 Å². The summed E-state index contributed by atoms with van der Waals surface area (Å²) >= 11 is 0. The fourth-order valence-electron chi connectivity index (χ4n) is 2.58. The van der Waals surface area contributed by atoms with Crippen molar-refractivity contribution >= 4 is 10.8 Å². The Morgan fingerprint density at radius 2 is 1.65 bits per heavy atom. The summed E-state index contributed by atoms with van der Waals surface area (Å²) < 4.78 is 0. The van der Waals surface area contributed by atoms with E-state index in [2.05, 4.69) is 38.1 Å². The summed E-state index contributed by atoms with van der Waals surface area (Å²) in [5.41, 5.74) is 4.81. The van der Waals surface area contributed by atoms with Gasteiger partial charge in [-0.25, -0.2) is 0 Å². The number of benzene rings is 3. The SMILES string of the molecule is Cc1ccc(Cc2ccc3ccccc3c2O)cc1C. The number of fused-ring (bicyclic) bond motifs is 1. The molecule has 0 unspecified atom stereocenters. The Bertz CT molecular complexity index is 772.